The second-order valence-electron chi connectivity index (χ2n) is 9.57. The highest BCUT2D eigenvalue weighted by Gasteiger charge is 2.40. The Morgan fingerprint density at radius 1 is 1.08 bits per heavy atom. The Labute approximate surface area is 223 Å². The number of carbonyl (C=O) groups excluding carboxylic acids is 2. The quantitative estimate of drug-likeness (QED) is 0.239. The van der Waals surface area contributed by atoms with Crippen molar-refractivity contribution in [1.82, 2.24) is 10.6 Å². The summed E-state index contributed by atoms with van der Waals surface area (Å²) >= 11 is 0. The third-order valence-corrected chi connectivity index (χ3v) is 5.92. The lowest BCUT2D eigenvalue weighted by atomic mass is 9.90. The molecule has 0 aliphatic carbocycles. The summed E-state index contributed by atoms with van der Waals surface area (Å²) < 4.78 is 93.2. The van der Waals surface area contributed by atoms with E-state index in [0.717, 1.165) is 6.07 Å². The van der Waals surface area contributed by atoms with E-state index in [4.69, 9.17) is 4.74 Å². The molecule has 2 aromatic carbocycles. The molecule has 0 aliphatic heterocycles. The van der Waals surface area contributed by atoms with Crippen molar-refractivity contribution in [2.24, 2.45) is 5.92 Å². The minimum atomic E-state index is -5.31. The molecule has 2 rings (SSSR count). The number of halogens is 6. The van der Waals surface area contributed by atoms with Crippen molar-refractivity contribution >= 4 is 11.9 Å². The molecule has 2 atom stereocenters. The van der Waals surface area contributed by atoms with Gasteiger partial charge in [0.1, 0.15) is 23.5 Å². The van der Waals surface area contributed by atoms with Gasteiger partial charge < -0.3 is 15.4 Å². The van der Waals surface area contributed by atoms with Crippen LogP contribution in [-0.4, -0.2) is 24.5 Å². The first-order valence-electron chi connectivity index (χ1n) is 12.3. The Kier molecular flexibility index (Phi) is 10.6. The second kappa shape index (κ2) is 13.0. The zero-order chi connectivity index (χ0) is 29.7. The summed E-state index contributed by atoms with van der Waals surface area (Å²) in [5, 5.41) is 4.99. The van der Waals surface area contributed by atoms with E-state index in [1.165, 1.54) is 26.1 Å². The molecule has 0 saturated carbocycles. The van der Waals surface area contributed by atoms with Gasteiger partial charge in [-0.3, -0.25) is 9.59 Å². The molecule has 39 heavy (non-hydrogen) atoms. The van der Waals surface area contributed by atoms with Crippen molar-refractivity contribution in [3.8, 4) is 11.1 Å². The molecule has 1 amide bonds. The molecule has 1 unspecified atom stereocenters. The van der Waals surface area contributed by atoms with Crippen LogP contribution in [0.3, 0.4) is 0 Å². The maximum absolute atomic E-state index is 16.0. The van der Waals surface area contributed by atoms with Gasteiger partial charge in [-0.1, -0.05) is 26.5 Å². The molecule has 0 radical (unpaired) electrons. The molecule has 0 bridgehead atoms. The lowest BCUT2D eigenvalue weighted by Crippen LogP contribution is -2.45. The van der Waals surface area contributed by atoms with E-state index < -0.39 is 76.3 Å². The van der Waals surface area contributed by atoms with Gasteiger partial charge in [0.15, 0.2) is 0 Å². The first kappa shape index (κ1) is 31.7. The Balaban J connectivity index is 2.84. The first-order chi connectivity index (χ1) is 18.1. The monoisotopic (exact) mass is 558 g/mol. The molecule has 0 spiro atoms. The summed E-state index contributed by atoms with van der Waals surface area (Å²) in [4.78, 5) is 25.5. The normalized spacial score (nSPS) is 13.1. The lowest BCUT2D eigenvalue weighted by Gasteiger charge is -2.26. The Bertz CT molecular complexity index is 1200. The van der Waals surface area contributed by atoms with Gasteiger partial charge in [0, 0.05) is 16.7 Å². The number of hydrogen-bond acceptors (Lipinski definition) is 4. The van der Waals surface area contributed by atoms with Gasteiger partial charge in [-0.05, 0) is 62.6 Å². The largest absolute Gasteiger partial charge is 0.466 e. The predicted octanol–water partition coefficient (Wildman–Crippen LogP) is 6.66. The van der Waals surface area contributed by atoms with E-state index in [1.54, 1.807) is 20.8 Å². The van der Waals surface area contributed by atoms with Gasteiger partial charge in [0.2, 0.25) is 5.91 Å². The maximum Gasteiger partial charge on any atom is 0.419 e. The standard InChI is InChI=1S/C28H32F6N2O3/c1-7-35-21(9-14(3)4)27(38)36-20(13-22(37)39-8-2)24-25(30)17(12-18(26(24)31)28(32,33)34)23-16(6)10-15(5)11-19(23)29/h7,10-12,14,20-21,35H,1,8-9,13H2,2-6H3,(H,36,38)/t20-,21?/m0/s1. The fourth-order valence-corrected chi connectivity index (χ4v) is 4.36. The molecule has 2 N–H and O–H groups in total. The number of ether oxygens (including phenoxy) is 1. The van der Waals surface area contributed by atoms with E-state index in [0.29, 0.717) is 5.56 Å². The number of alkyl halides is 3. The summed E-state index contributed by atoms with van der Waals surface area (Å²) in [6.45, 7) is 11.4. The van der Waals surface area contributed by atoms with Crippen molar-refractivity contribution < 1.29 is 40.7 Å². The molecule has 2 aromatic rings. The minimum absolute atomic E-state index is 0.0298. The Morgan fingerprint density at radius 2 is 1.72 bits per heavy atom. The number of aryl methyl sites for hydroxylation is 2. The maximum atomic E-state index is 16.0. The highest BCUT2D eigenvalue weighted by Crippen LogP contribution is 2.42. The molecule has 0 heterocycles. The fraction of sp³-hybridized carbons (Fsp3) is 0.429. The van der Waals surface area contributed by atoms with Gasteiger partial charge in [0.05, 0.1) is 24.6 Å². The molecule has 11 heteroatoms. The minimum Gasteiger partial charge on any atom is -0.466 e. The molecule has 0 aliphatic rings. The van der Waals surface area contributed by atoms with Gasteiger partial charge >= 0.3 is 12.1 Å². The molecule has 0 fully saturated rings. The van der Waals surface area contributed by atoms with Crippen LogP contribution in [0.1, 0.15) is 61.9 Å². The number of hydrogen-bond donors (Lipinski definition) is 2. The van der Waals surface area contributed by atoms with E-state index in [2.05, 4.69) is 17.2 Å². The molecule has 0 aromatic heterocycles. The van der Waals surface area contributed by atoms with Crippen LogP contribution in [0.4, 0.5) is 26.3 Å². The van der Waals surface area contributed by atoms with Crippen LogP contribution in [0.25, 0.3) is 11.1 Å². The molecule has 0 saturated heterocycles. The fourth-order valence-electron chi connectivity index (χ4n) is 4.36. The molecule has 214 valence electrons. The predicted molar refractivity (Wildman–Crippen MR) is 135 cm³/mol. The zero-order valence-electron chi connectivity index (χ0n) is 22.4. The van der Waals surface area contributed by atoms with Crippen LogP contribution in [-0.2, 0) is 20.5 Å². The molecule has 5 nitrogen and oxygen atoms in total. The van der Waals surface area contributed by atoms with Crippen LogP contribution < -0.4 is 10.6 Å². The zero-order valence-corrected chi connectivity index (χ0v) is 22.4. The highest BCUT2D eigenvalue weighted by atomic mass is 19.4. The first-order valence-corrected chi connectivity index (χ1v) is 12.3. The van der Waals surface area contributed by atoms with Crippen LogP contribution in [0, 0.1) is 37.2 Å². The lowest BCUT2D eigenvalue weighted by molar-refractivity contribution is -0.144. The third-order valence-electron chi connectivity index (χ3n) is 5.92. The summed E-state index contributed by atoms with van der Waals surface area (Å²) in [6, 6.07) is -0.247. The number of nitrogens with one attached hydrogen (secondary N) is 2. The van der Waals surface area contributed by atoms with Gasteiger partial charge in [-0.2, -0.15) is 13.2 Å². The van der Waals surface area contributed by atoms with Crippen LogP contribution >= 0.6 is 0 Å². The van der Waals surface area contributed by atoms with Crippen LogP contribution in [0.5, 0.6) is 0 Å². The number of esters is 1. The molecular formula is C28H32F6N2O3. The summed E-state index contributed by atoms with van der Waals surface area (Å²) in [5.74, 6) is -6.48. The smallest absolute Gasteiger partial charge is 0.419 e. The summed E-state index contributed by atoms with van der Waals surface area (Å²) in [7, 11) is 0. The second-order valence-corrected chi connectivity index (χ2v) is 9.57. The van der Waals surface area contributed by atoms with Crippen molar-refractivity contribution in [3.63, 3.8) is 0 Å². The third kappa shape index (κ3) is 7.77. The topological polar surface area (TPSA) is 67.4 Å². The van der Waals surface area contributed by atoms with Gasteiger partial charge in [0.25, 0.3) is 0 Å². The number of rotatable bonds is 11. The number of amides is 1. The van der Waals surface area contributed by atoms with Crippen molar-refractivity contribution in [3.05, 3.63) is 70.7 Å². The average molecular weight is 559 g/mol. The van der Waals surface area contributed by atoms with E-state index in [9.17, 15) is 27.2 Å². The number of benzene rings is 2. The van der Waals surface area contributed by atoms with E-state index in [-0.39, 0.29) is 30.6 Å². The van der Waals surface area contributed by atoms with Crippen LogP contribution in [0.2, 0.25) is 0 Å². The van der Waals surface area contributed by atoms with E-state index in [1.807, 2.05) is 0 Å². The Morgan fingerprint density at radius 3 is 2.23 bits per heavy atom. The van der Waals surface area contributed by atoms with Gasteiger partial charge in [-0.15, -0.1) is 0 Å². The number of carbonyl (C=O) groups is 2. The Hall–Kier alpha value is -3.50. The van der Waals surface area contributed by atoms with E-state index >= 15 is 8.78 Å². The van der Waals surface area contributed by atoms with Crippen LogP contribution in [0.15, 0.2) is 31.0 Å². The summed E-state index contributed by atoms with van der Waals surface area (Å²) in [5.41, 5.74) is -3.93. The SMILES string of the molecule is C=CNC(CC(C)C)C(=O)N[C@@H](CC(=O)OCC)c1c(F)c(-c2c(C)cc(C)cc2F)cc(C(F)(F)F)c1F. The average Bonchev–Trinajstić information content (AvgIpc) is 2.78. The van der Waals surface area contributed by atoms with Crippen molar-refractivity contribution in [1.29, 1.82) is 0 Å². The van der Waals surface area contributed by atoms with Crippen molar-refractivity contribution in [2.75, 3.05) is 6.61 Å². The highest BCUT2D eigenvalue weighted by molar-refractivity contribution is 5.83. The van der Waals surface area contributed by atoms with Gasteiger partial charge in [-0.25, -0.2) is 13.2 Å². The summed E-state index contributed by atoms with van der Waals surface area (Å²) in [6.07, 6.45) is -4.73. The molecular weight excluding hydrogens is 526 g/mol. The van der Waals surface area contributed by atoms with Crippen molar-refractivity contribution in [2.45, 2.75) is 65.7 Å².